The van der Waals surface area contributed by atoms with E-state index in [4.69, 9.17) is 17.0 Å². The van der Waals surface area contributed by atoms with Crippen molar-refractivity contribution in [3.8, 4) is 0 Å². The molecular formula is C20H25N3O6S. The first kappa shape index (κ1) is 23.3. The molecule has 0 saturated carbocycles. The molecule has 1 fully saturated rings. The average Bonchev–Trinajstić information content (AvgIpc) is 2.74. The quantitative estimate of drug-likeness (QED) is 0.443. The summed E-state index contributed by atoms with van der Waals surface area (Å²) in [5.74, 6) is -1.88. The van der Waals surface area contributed by atoms with Gasteiger partial charge in [-0.3, -0.25) is 19.2 Å². The number of esters is 2. The Labute approximate surface area is 180 Å². The molecule has 10 heteroatoms. The Bertz CT molecular complexity index is 786. The Morgan fingerprint density at radius 2 is 1.93 bits per heavy atom. The third-order valence-electron chi connectivity index (χ3n) is 4.48. The van der Waals surface area contributed by atoms with Gasteiger partial charge in [-0.1, -0.05) is 30.3 Å². The van der Waals surface area contributed by atoms with Gasteiger partial charge in [0.05, 0.1) is 26.6 Å². The highest BCUT2D eigenvalue weighted by Crippen LogP contribution is 2.10. The van der Waals surface area contributed by atoms with Crippen molar-refractivity contribution in [1.82, 2.24) is 15.5 Å². The largest absolute Gasteiger partial charge is 0.469 e. The second-order valence-electron chi connectivity index (χ2n) is 6.59. The molecule has 1 heterocycles. The molecule has 2 N–H and O–H groups in total. The fourth-order valence-electron chi connectivity index (χ4n) is 2.87. The van der Waals surface area contributed by atoms with Gasteiger partial charge in [-0.25, -0.2) is 0 Å². The van der Waals surface area contributed by atoms with Crippen molar-refractivity contribution in [3.63, 3.8) is 0 Å². The van der Waals surface area contributed by atoms with E-state index in [0.29, 0.717) is 19.5 Å². The third kappa shape index (κ3) is 7.43. The van der Waals surface area contributed by atoms with Crippen molar-refractivity contribution in [3.05, 3.63) is 35.9 Å². The minimum atomic E-state index is -0.859. The van der Waals surface area contributed by atoms with Gasteiger partial charge in [0.1, 0.15) is 6.04 Å². The van der Waals surface area contributed by atoms with Gasteiger partial charge in [0.2, 0.25) is 11.8 Å². The second kappa shape index (κ2) is 11.9. The zero-order valence-electron chi connectivity index (χ0n) is 16.7. The molecule has 1 aromatic carbocycles. The molecule has 2 amide bonds. The summed E-state index contributed by atoms with van der Waals surface area (Å²) in [6, 6.07) is 8.75. The van der Waals surface area contributed by atoms with Gasteiger partial charge in [-0.2, -0.15) is 0 Å². The molecular weight excluding hydrogens is 410 g/mol. The number of methoxy groups -OCH3 is 1. The van der Waals surface area contributed by atoms with Crippen molar-refractivity contribution < 1.29 is 28.7 Å². The topological polar surface area (TPSA) is 114 Å². The van der Waals surface area contributed by atoms with Crippen molar-refractivity contribution in [1.29, 1.82) is 0 Å². The lowest BCUT2D eigenvalue weighted by Crippen LogP contribution is -2.60. The SMILES string of the molecule is COC(=O)C[C@H]1C(=O)NCCN1C(=S)NC(=O)CCC(=O)OCCc1ccccc1. The van der Waals surface area contributed by atoms with Crippen LogP contribution < -0.4 is 10.6 Å². The van der Waals surface area contributed by atoms with Gasteiger partial charge in [-0.15, -0.1) is 0 Å². The number of piperazine rings is 1. The summed E-state index contributed by atoms with van der Waals surface area (Å²) in [4.78, 5) is 49.1. The molecule has 1 saturated heterocycles. The van der Waals surface area contributed by atoms with E-state index >= 15 is 0 Å². The standard InChI is InChI=1S/C20H25N3O6S/c1-28-18(26)13-15-19(27)21-10-11-23(15)20(30)22-16(24)7-8-17(25)29-12-9-14-5-3-2-4-6-14/h2-6,15H,7-13H2,1H3,(H,21,27)(H,22,24,30)/t15-/m0/s1. The van der Waals surface area contributed by atoms with E-state index in [9.17, 15) is 19.2 Å². The maximum atomic E-state index is 12.1. The van der Waals surface area contributed by atoms with Crippen LogP contribution in [0.4, 0.5) is 0 Å². The number of rotatable bonds is 8. The monoisotopic (exact) mass is 435 g/mol. The van der Waals surface area contributed by atoms with Gasteiger partial charge in [0.25, 0.3) is 0 Å². The van der Waals surface area contributed by atoms with Crippen LogP contribution in [-0.2, 0) is 35.1 Å². The zero-order chi connectivity index (χ0) is 21.9. The number of amides is 2. The number of hydrogen-bond acceptors (Lipinski definition) is 7. The van der Waals surface area contributed by atoms with E-state index in [1.54, 1.807) is 0 Å². The molecule has 1 aromatic rings. The molecule has 0 aliphatic carbocycles. The lowest BCUT2D eigenvalue weighted by Gasteiger charge is -2.36. The summed E-state index contributed by atoms with van der Waals surface area (Å²) in [5, 5.41) is 5.19. The van der Waals surface area contributed by atoms with E-state index < -0.39 is 23.9 Å². The number of ether oxygens (including phenoxy) is 2. The minimum absolute atomic E-state index is 0.0289. The molecule has 30 heavy (non-hydrogen) atoms. The molecule has 1 aliphatic rings. The van der Waals surface area contributed by atoms with Crippen LogP contribution in [0.25, 0.3) is 0 Å². The third-order valence-corrected chi connectivity index (χ3v) is 4.82. The molecule has 0 unspecified atom stereocenters. The second-order valence-corrected chi connectivity index (χ2v) is 6.98. The Balaban J connectivity index is 1.74. The highest BCUT2D eigenvalue weighted by molar-refractivity contribution is 7.80. The number of carbonyl (C=O) groups is 4. The molecule has 0 aromatic heterocycles. The number of benzene rings is 1. The van der Waals surface area contributed by atoms with Crippen LogP contribution in [0.1, 0.15) is 24.8 Å². The smallest absolute Gasteiger partial charge is 0.308 e. The predicted octanol–water partition coefficient (Wildman–Crippen LogP) is 0.317. The summed E-state index contributed by atoms with van der Waals surface area (Å²) < 4.78 is 9.75. The summed E-state index contributed by atoms with van der Waals surface area (Å²) in [6.07, 6.45) is 0.217. The van der Waals surface area contributed by atoms with Crippen LogP contribution in [0.5, 0.6) is 0 Å². The first-order valence-corrected chi connectivity index (χ1v) is 9.96. The first-order valence-electron chi connectivity index (χ1n) is 9.55. The summed E-state index contributed by atoms with van der Waals surface area (Å²) in [5.41, 5.74) is 1.06. The van der Waals surface area contributed by atoms with E-state index in [1.807, 2.05) is 30.3 Å². The molecule has 1 atom stereocenters. The zero-order valence-corrected chi connectivity index (χ0v) is 17.5. The normalized spacial score (nSPS) is 15.7. The maximum absolute atomic E-state index is 12.1. The van der Waals surface area contributed by atoms with Crippen molar-refractivity contribution in [2.45, 2.75) is 31.7 Å². The molecule has 0 bridgehead atoms. The molecule has 162 valence electrons. The van der Waals surface area contributed by atoms with Crippen molar-refractivity contribution in [2.75, 3.05) is 26.8 Å². The van der Waals surface area contributed by atoms with Crippen LogP contribution in [0.15, 0.2) is 30.3 Å². The van der Waals surface area contributed by atoms with Crippen LogP contribution in [-0.4, -0.2) is 66.6 Å². The van der Waals surface area contributed by atoms with Crippen LogP contribution >= 0.6 is 12.2 Å². The average molecular weight is 436 g/mol. The Hall–Kier alpha value is -3.01. The van der Waals surface area contributed by atoms with Crippen LogP contribution in [0.2, 0.25) is 0 Å². The molecule has 0 radical (unpaired) electrons. The van der Waals surface area contributed by atoms with Crippen molar-refractivity contribution >= 4 is 41.1 Å². The Morgan fingerprint density at radius 3 is 2.63 bits per heavy atom. The van der Waals surface area contributed by atoms with E-state index in [0.717, 1.165) is 5.56 Å². The maximum Gasteiger partial charge on any atom is 0.308 e. The number of thiocarbonyl (C=S) groups is 1. The number of nitrogens with zero attached hydrogens (tertiary/aromatic N) is 1. The van der Waals surface area contributed by atoms with Crippen LogP contribution in [0.3, 0.4) is 0 Å². The van der Waals surface area contributed by atoms with E-state index in [-0.39, 0.29) is 36.9 Å². The molecule has 9 nitrogen and oxygen atoms in total. The Kier molecular flexibility index (Phi) is 9.20. The molecule has 2 rings (SSSR count). The summed E-state index contributed by atoms with van der Waals surface area (Å²) >= 11 is 5.22. The van der Waals surface area contributed by atoms with Gasteiger partial charge in [0, 0.05) is 25.9 Å². The Morgan fingerprint density at radius 1 is 1.20 bits per heavy atom. The van der Waals surface area contributed by atoms with Gasteiger partial charge >= 0.3 is 11.9 Å². The lowest BCUT2D eigenvalue weighted by molar-refractivity contribution is -0.145. The van der Waals surface area contributed by atoms with Gasteiger partial charge < -0.3 is 25.0 Å². The van der Waals surface area contributed by atoms with E-state index in [1.165, 1.54) is 12.0 Å². The summed E-state index contributed by atoms with van der Waals surface area (Å²) in [7, 11) is 1.23. The van der Waals surface area contributed by atoms with Crippen LogP contribution in [0, 0.1) is 0 Å². The van der Waals surface area contributed by atoms with E-state index in [2.05, 4.69) is 15.4 Å². The fourth-order valence-corrected chi connectivity index (χ4v) is 3.20. The number of nitrogens with one attached hydrogen (secondary N) is 2. The van der Waals surface area contributed by atoms with Gasteiger partial charge in [0.15, 0.2) is 5.11 Å². The highest BCUT2D eigenvalue weighted by atomic mass is 32.1. The van der Waals surface area contributed by atoms with Crippen molar-refractivity contribution in [2.24, 2.45) is 0 Å². The molecule has 1 aliphatic heterocycles. The minimum Gasteiger partial charge on any atom is -0.469 e. The summed E-state index contributed by atoms with van der Waals surface area (Å²) in [6.45, 7) is 0.912. The highest BCUT2D eigenvalue weighted by Gasteiger charge is 2.34. The van der Waals surface area contributed by atoms with Gasteiger partial charge in [-0.05, 0) is 17.8 Å². The predicted molar refractivity (Wildman–Crippen MR) is 111 cm³/mol. The first-order chi connectivity index (χ1) is 14.4. The lowest BCUT2D eigenvalue weighted by atomic mass is 10.1. The number of carbonyl (C=O) groups excluding carboxylic acids is 4. The fraction of sp³-hybridized carbons (Fsp3) is 0.450. The molecule has 0 spiro atoms. The number of hydrogen-bond donors (Lipinski definition) is 2.